The minimum atomic E-state index is -3.96. The molecular weight excluding hydrogens is 328 g/mol. The number of aliphatic carboxylic acids is 1. The van der Waals surface area contributed by atoms with Gasteiger partial charge in [0.15, 0.2) is 0 Å². The van der Waals surface area contributed by atoms with Gasteiger partial charge in [0.2, 0.25) is 10.0 Å². The number of nitrogens with one attached hydrogen (secondary N) is 3. The average Bonchev–Trinajstić information content (AvgIpc) is 2.44. The Labute approximate surface area is 129 Å². The van der Waals surface area contributed by atoms with Gasteiger partial charge < -0.3 is 5.11 Å². The minimum Gasteiger partial charge on any atom is -0.481 e. The maximum Gasteiger partial charge on any atom is 0.327 e. The fourth-order valence-corrected chi connectivity index (χ4v) is 3.02. The molecule has 0 amide bonds. The Morgan fingerprint density at radius 3 is 2.74 bits per heavy atom. The molecule has 0 aliphatic carbocycles. The summed E-state index contributed by atoms with van der Waals surface area (Å²) >= 11 is 0. The molecular formula is C12H14N4O6S. The Kier molecular flexibility index (Phi) is 4.61. The Hall–Kier alpha value is -2.53. The molecule has 0 saturated carbocycles. The van der Waals surface area contributed by atoms with Gasteiger partial charge in [-0.15, -0.1) is 0 Å². The maximum atomic E-state index is 12.2. The predicted octanol–water partition coefficient (Wildman–Crippen LogP) is -0.999. The first-order valence-electron chi connectivity index (χ1n) is 6.53. The first-order valence-corrected chi connectivity index (χ1v) is 8.01. The maximum absolute atomic E-state index is 12.2. The van der Waals surface area contributed by atoms with Gasteiger partial charge in [-0.05, 0) is 12.0 Å². The summed E-state index contributed by atoms with van der Waals surface area (Å²) in [5.74, 6) is -1.44. The van der Waals surface area contributed by atoms with Crippen molar-refractivity contribution in [3.63, 3.8) is 0 Å². The van der Waals surface area contributed by atoms with Crippen molar-refractivity contribution < 1.29 is 18.3 Å². The van der Waals surface area contributed by atoms with Crippen LogP contribution in [-0.2, 0) is 14.8 Å². The number of hydrogen-bond acceptors (Lipinski definition) is 6. The molecule has 0 saturated heterocycles. The summed E-state index contributed by atoms with van der Waals surface area (Å²) in [5, 5.41) is 8.57. The van der Waals surface area contributed by atoms with Crippen LogP contribution in [0.3, 0.4) is 0 Å². The first kappa shape index (κ1) is 16.8. The van der Waals surface area contributed by atoms with Gasteiger partial charge >= 0.3 is 11.7 Å². The number of fused-ring (bicyclic) bond motifs is 1. The molecule has 11 heteroatoms. The van der Waals surface area contributed by atoms with Crippen LogP contribution in [0.4, 0.5) is 0 Å². The van der Waals surface area contributed by atoms with Gasteiger partial charge in [-0.1, -0.05) is 6.92 Å². The van der Waals surface area contributed by atoms with Crippen molar-refractivity contribution in [3.05, 3.63) is 33.1 Å². The molecule has 2 aromatic heterocycles. The standard InChI is InChI=1S/C12H14N4O6S/c1-6(2-9(17)18)4-14-23(21,22)7-3-8-10(13-5-7)15-12(20)16-11(8)19/h3,5-6,14H,2,4H2,1H3,(H,17,18)(H2,13,15,16,19,20). The minimum absolute atomic E-state index is 0.0306. The monoisotopic (exact) mass is 342 g/mol. The normalized spacial score (nSPS) is 13.1. The van der Waals surface area contributed by atoms with E-state index >= 15 is 0 Å². The number of pyridine rings is 1. The smallest absolute Gasteiger partial charge is 0.327 e. The highest BCUT2D eigenvalue weighted by molar-refractivity contribution is 7.89. The SMILES string of the molecule is CC(CNS(=O)(=O)c1cnc2[nH]c(=O)[nH]c(=O)c2c1)CC(=O)O. The van der Waals surface area contributed by atoms with E-state index in [4.69, 9.17) is 5.11 Å². The van der Waals surface area contributed by atoms with Gasteiger partial charge in [-0.25, -0.2) is 22.9 Å². The second-order valence-corrected chi connectivity index (χ2v) is 6.80. The molecule has 10 nitrogen and oxygen atoms in total. The van der Waals surface area contributed by atoms with E-state index in [1.54, 1.807) is 6.92 Å². The largest absolute Gasteiger partial charge is 0.481 e. The van der Waals surface area contributed by atoms with E-state index in [1.807, 2.05) is 4.98 Å². The van der Waals surface area contributed by atoms with Gasteiger partial charge in [0, 0.05) is 19.2 Å². The van der Waals surface area contributed by atoms with Crippen LogP contribution in [0.25, 0.3) is 11.0 Å². The van der Waals surface area contributed by atoms with Crippen LogP contribution in [0.15, 0.2) is 26.7 Å². The molecule has 1 atom stereocenters. The Balaban J connectivity index is 2.30. The van der Waals surface area contributed by atoms with E-state index in [9.17, 15) is 22.8 Å². The van der Waals surface area contributed by atoms with E-state index in [0.717, 1.165) is 12.3 Å². The van der Waals surface area contributed by atoms with Gasteiger partial charge in [-0.3, -0.25) is 19.6 Å². The second-order valence-electron chi connectivity index (χ2n) is 5.03. The molecule has 0 aliphatic rings. The van der Waals surface area contributed by atoms with Crippen LogP contribution in [0, 0.1) is 5.92 Å². The van der Waals surface area contributed by atoms with Crippen LogP contribution in [0.5, 0.6) is 0 Å². The lowest BCUT2D eigenvalue weighted by atomic mass is 10.1. The summed E-state index contributed by atoms with van der Waals surface area (Å²) < 4.78 is 26.6. The van der Waals surface area contributed by atoms with Crippen LogP contribution < -0.4 is 16.0 Å². The topological polar surface area (TPSA) is 162 Å². The molecule has 2 aromatic rings. The third-order valence-corrected chi connectivity index (χ3v) is 4.41. The highest BCUT2D eigenvalue weighted by Gasteiger charge is 2.18. The molecule has 0 fully saturated rings. The number of carbonyl (C=O) groups is 1. The van der Waals surface area contributed by atoms with Crippen molar-refractivity contribution in [3.8, 4) is 0 Å². The summed E-state index contributed by atoms with van der Waals surface area (Å²) in [6, 6.07) is 1.08. The Morgan fingerprint density at radius 1 is 1.39 bits per heavy atom. The van der Waals surface area contributed by atoms with Crippen LogP contribution in [-0.4, -0.2) is 41.0 Å². The van der Waals surface area contributed by atoms with E-state index in [1.165, 1.54) is 0 Å². The second kappa shape index (κ2) is 6.30. The number of carboxylic acids is 1. The zero-order valence-electron chi connectivity index (χ0n) is 12.0. The van der Waals surface area contributed by atoms with Crippen molar-refractivity contribution in [2.75, 3.05) is 6.54 Å². The third kappa shape index (κ3) is 4.02. The zero-order chi connectivity index (χ0) is 17.2. The number of carboxylic acid groups (broad SMARTS) is 1. The predicted molar refractivity (Wildman–Crippen MR) is 79.6 cm³/mol. The van der Waals surface area contributed by atoms with Gasteiger partial charge in [0.25, 0.3) is 5.56 Å². The van der Waals surface area contributed by atoms with Crippen molar-refractivity contribution >= 4 is 27.0 Å². The molecule has 23 heavy (non-hydrogen) atoms. The van der Waals surface area contributed by atoms with Gasteiger partial charge in [-0.2, -0.15) is 0 Å². The van der Waals surface area contributed by atoms with Crippen molar-refractivity contribution in [1.82, 2.24) is 19.7 Å². The molecule has 0 aromatic carbocycles. The number of nitrogens with zero attached hydrogens (tertiary/aromatic N) is 1. The van der Waals surface area contributed by atoms with Gasteiger partial charge in [0.1, 0.15) is 10.5 Å². The molecule has 0 aliphatic heterocycles. The number of rotatable bonds is 6. The number of hydrogen-bond donors (Lipinski definition) is 4. The zero-order valence-corrected chi connectivity index (χ0v) is 12.8. The van der Waals surface area contributed by atoms with E-state index in [0.29, 0.717) is 0 Å². The molecule has 4 N–H and O–H groups in total. The lowest BCUT2D eigenvalue weighted by molar-refractivity contribution is -0.137. The molecule has 0 bridgehead atoms. The molecule has 124 valence electrons. The molecule has 0 radical (unpaired) electrons. The number of sulfonamides is 1. The third-order valence-electron chi connectivity index (χ3n) is 3.02. The van der Waals surface area contributed by atoms with Crippen LogP contribution in [0.2, 0.25) is 0 Å². The molecule has 2 rings (SSSR count). The summed E-state index contributed by atoms with van der Waals surface area (Å²) in [6.45, 7) is 1.51. The Bertz CT molecular complexity index is 961. The lowest BCUT2D eigenvalue weighted by Gasteiger charge is -2.11. The van der Waals surface area contributed by atoms with Crippen molar-refractivity contribution in [2.45, 2.75) is 18.2 Å². The van der Waals surface area contributed by atoms with E-state index < -0.39 is 33.2 Å². The number of aromatic nitrogens is 3. The van der Waals surface area contributed by atoms with Crippen LogP contribution >= 0.6 is 0 Å². The highest BCUT2D eigenvalue weighted by atomic mass is 32.2. The average molecular weight is 342 g/mol. The summed E-state index contributed by atoms with van der Waals surface area (Å²) in [6.07, 6.45) is 0.821. The molecule has 0 spiro atoms. The molecule has 2 heterocycles. The van der Waals surface area contributed by atoms with Crippen molar-refractivity contribution in [1.29, 1.82) is 0 Å². The number of aromatic amines is 2. The fraction of sp³-hybridized carbons (Fsp3) is 0.333. The summed E-state index contributed by atoms with van der Waals surface area (Å²) in [5.41, 5.74) is -1.53. The molecule has 1 unspecified atom stereocenters. The summed E-state index contributed by atoms with van der Waals surface area (Å²) in [7, 11) is -3.96. The number of H-pyrrole nitrogens is 2. The first-order chi connectivity index (χ1) is 10.7. The Morgan fingerprint density at radius 2 is 2.09 bits per heavy atom. The summed E-state index contributed by atoms with van der Waals surface area (Å²) in [4.78, 5) is 41.1. The quantitative estimate of drug-likeness (QED) is 0.523. The fourth-order valence-electron chi connectivity index (χ4n) is 1.88. The van der Waals surface area contributed by atoms with Gasteiger partial charge in [0.05, 0.1) is 5.39 Å². The van der Waals surface area contributed by atoms with Crippen LogP contribution in [0.1, 0.15) is 13.3 Å². The lowest BCUT2D eigenvalue weighted by Crippen LogP contribution is -2.30. The highest BCUT2D eigenvalue weighted by Crippen LogP contribution is 2.12. The van der Waals surface area contributed by atoms with Crippen molar-refractivity contribution in [2.24, 2.45) is 5.92 Å². The van der Waals surface area contributed by atoms with E-state index in [-0.39, 0.29) is 28.9 Å². The van der Waals surface area contributed by atoms with E-state index in [2.05, 4.69) is 14.7 Å².